The summed E-state index contributed by atoms with van der Waals surface area (Å²) in [6, 6.07) is 4.57. The number of thioether (sulfide) groups is 1. The molecule has 0 radical (unpaired) electrons. The zero-order chi connectivity index (χ0) is 21.1. The maximum Gasteiger partial charge on any atom is 0.270 e. The summed E-state index contributed by atoms with van der Waals surface area (Å²) in [4.78, 5) is 41.6. The zero-order valence-electron chi connectivity index (χ0n) is 16.7. The van der Waals surface area contributed by atoms with E-state index < -0.39 is 4.92 Å². The summed E-state index contributed by atoms with van der Waals surface area (Å²) in [7, 11) is 1.77. The van der Waals surface area contributed by atoms with Gasteiger partial charge in [-0.05, 0) is 24.3 Å². The Hall–Kier alpha value is -2.20. The molecule has 8 nitrogen and oxygen atoms in total. The molecule has 2 aromatic rings. The fourth-order valence-corrected chi connectivity index (χ4v) is 5.43. The molecular weight excluding hydrogens is 412 g/mol. The largest absolute Gasteiger partial charge is 0.341 e. The first-order valence-corrected chi connectivity index (χ1v) is 11.4. The van der Waals surface area contributed by atoms with Gasteiger partial charge in [-0.25, -0.2) is 0 Å². The molecule has 0 N–H and O–H groups in total. The van der Waals surface area contributed by atoms with Gasteiger partial charge in [0.15, 0.2) is 4.80 Å². The summed E-state index contributed by atoms with van der Waals surface area (Å²) < 4.78 is 2.44. The Morgan fingerprint density at radius 1 is 1.28 bits per heavy atom. The number of piperidine rings is 1. The van der Waals surface area contributed by atoms with E-state index >= 15 is 0 Å². The summed E-state index contributed by atoms with van der Waals surface area (Å²) in [6.07, 6.45) is 1.14. The maximum absolute atomic E-state index is 12.4. The van der Waals surface area contributed by atoms with Crippen molar-refractivity contribution in [2.75, 3.05) is 24.6 Å². The molecule has 1 aromatic heterocycles. The fourth-order valence-electron chi connectivity index (χ4n) is 3.67. The van der Waals surface area contributed by atoms with Gasteiger partial charge in [0.05, 0.1) is 26.6 Å². The minimum Gasteiger partial charge on any atom is -0.341 e. The number of thiazole rings is 1. The number of nitrogens with zero attached hydrogens (tertiary/aromatic N) is 4. The number of carbonyl (C=O) groups is 2. The van der Waals surface area contributed by atoms with Crippen LogP contribution < -0.4 is 4.80 Å². The SMILES string of the molecule is CC1CC(C)CN(C(=O)CSCC(=O)N=c2sc3cc([N+](=O)[O-])ccc3n2C)C1. The second-order valence-corrected chi connectivity index (χ2v) is 9.59. The van der Waals surface area contributed by atoms with Crippen LogP contribution in [0.2, 0.25) is 0 Å². The van der Waals surface area contributed by atoms with E-state index in [2.05, 4.69) is 18.8 Å². The fraction of sp³-hybridized carbons (Fsp3) is 0.526. The summed E-state index contributed by atoms with van der Waals surface area (Å²) in [5.74, 6) is 1.16. The van der Waals surface area contributed by atoms with Gasteiger partial charge in [0, 0.05) is 32.3 Å². The number of nitro groups is 1. The van der Waals surface area contributed by atoms with Crippen LogP contribution in [0.5, 0.6) is 0 Å². The van der Waals surface area contributed by atoms with Gasteiger partial charge in [-0.1, -0.05) is 25.2 Å². The molecule has 0 aliphatic carbocycles. The smallest absolute Gasteiger partial charge is 0.270 e. The molecule has 0 saturated carbocycles. The summed E-state index contributed by atoms with van der Waals surface area (Å²) in [6.45, 7) is 5.88. The van der Waals surface area contributed by atoms with E-state index in [9.17, 15) is 19.7 Å². The van der Waals surface area contributed by atoms with Crippen LogP contribution in [0, 0.1) is 22.0 Å². The van der Waals surface area contributed by atoms with E-state index in [0.717, 1.165) is 25.0 Å². The molecule has 2 unspecified atom stereocenters. The number of aromatic nitrogens is 1. The van der Waals surface area contributed by atoms with Gasteiger partial charge in [-0.15, -0.1) is 11.8 Å². The first kappa shape index (κ1) is 21.5. The number of amides is 2. The van der Waals surface area contributed by atoms with Crippen LogP contribution >= 0.6 is 23.1 Å². The number of carbonyl (C=O) groups excluding carboxylic acids is 2. The third-order valence-corrected chi connectivity index (χ3v) is 6.89. The van der Waals surface area contributed by atoms with Crippen LogP contribution in [0.15, 0.2) is 23.2 Å². The molecule has 1 aromatic carbocycles. The highest BCUT2D eigenvalue weighted by Gasteiger charge is 2.25. The molecule has 1 aliphatic rings. The highest BCUT2D eigenvalue weighted by atomic mass is 32.2. The van der Waals surface area contributed by atoms with Gasteiger partial charge < -0.3 is 9.47 Å². The van der Waals surface area contributed by atoms with Gasteiger partial charge in [0.2, 0.25) is 5.91 Å². The molecule has 1 aliphatic heterocycles. The van der Waals surface area contributed by atoms with Crippen LogP contribution in [-0.2, 0) is 16.6 Å². The Morgan fingerprint density at radius 2 is 1.97 bits per heavy atom. The summed E-state index contributed by atoms with van der Waals surface area (Å²) in [5.41, 5.74) is 0.788. The van der Waals surface area contributed by atoms with Gasteiger partial charge in [0.25, 0.3) is 11.6 Å². The number of benzene rings is 1. The molecule has 2 amide bonds. The molecule has 3 rings (SSSR count). The van der Waals surface area contributed by atoms with Crippen molar-refractivity contribution >= 4 is 50.8 Å². The number of rotatable bonds is 5. The van der Waals surface area contributed by atoms with Crippen LogP contribution in [0.25, 0.3) is 10.2 Å². The van der Waals surface area contributed by atoms with Crippen LogP contribution in [0.3, 0.4) is 0 Å². The Kier molecular flexibility index (Phi) is 6.74. The van der Waals surface area contributed by atoms with E-state index in [1.165, 1.54) is 35.2 Å². The lowest BCUT2D eigenvalue weighted by atomic mass is 9.92. The minimum absolute atomic E-state index is 0.00708. The second-order valence-electron chi connectivity index (χ2n) is 7.60. The van der Waals surface area contributed by atoms with Crippen molar-refractivity contribution in [3.8, 4) is 0 Å². The molecule has 29 heavy (non-hydrogen) atoms. The lowest BCUT2D eigenvalue weighted by Gasteiger charge is -2.35. The molecule has 0 bridgehead atoms. The first-order valence-electron chi connectivity index (χ1n) is 9.41. The number of hydrogen-bond donors (Lipinski definition) is 0. The van der Waals surface area contributed by atoms with E-state index in [0.29, 0.717) is 21.3 Å². The third-order valence-electron chi connectivity index (χ3n) is 4.90. The lowest BCUT2D eigenvalue weighted by Crippen LogP contribution is -2.43. The predicted molar refractivity (Wildman–Crippen MR) is 115 cm³/mol. The average molecular weight is 437 g/mol. The van der Waals surface area contributed by atoms with E-state index in [1.54, 1.807) is 17.7 Å². The number of non-ortho nitro benzene ring substituents is 1. The van der Waals surface area contributed by atoms with Crippen LogP contribution in [-0.4, -0.2) is 50.8 Å². The van der Waals surface area contributed by atoms with Crippen molar-refractivity contribution in [3.63, 3.8) is 0 Å². The standard InChI is InChI=1S/C19H24N4O4S2/c1-12-6-13(2)9-22(8-12)18(25)11-28-10-17(24)20-19-21(3)15-5-4-14(23(26)27)7-16(15)29-19/h4-5,7,12-13H,6,8-11H2,1-3H3. The monoisotopic (exact) mass is 436 g/mol. The zero-order valence-corrected chi connectivity index (χ0v) is 18.3. The summed E-state index contributed by atoms with van der Waals surface area (Å²) in [5, 5.41) is 10.9. The minimum atomic E-state index is -0.446. The Bertz CT molecular complexity index is 1000. The number of likely N-dealkylation sites (tertiary alicyclic amines) is 1. The molecule has 0 spiro atoms. The lowest BCUT2D eigenvalue weighted by molar-refractivity contribution is -0.384. The highest BCUT2D eigenvalue weighted by molar-refractivity contribution is 8.00. The first-order chi connectivity index (χ1) is 13.7. The quantitative estimate of drug-likeness (QED) is 0.530. The Labute approximate surface area is 176 Å². The molecule has 156 valence electrons. The van der Waals surface area contributed by atoms with Crippen molar-refractivity contribution in [1.82, 2.24) is 9.47 Å². The molecular formula is C19H24N4O4S2. The van der Waals surface area contributed by atoms with Crippen molar-refractivity contribution in [2.24, 2.45) is 23.9 Å². The van der Waals surface area contributed by atoms with Crippen molar-refractivity contribution < 1.29 is 14.5 Å². The summed E-state index contributed by atoms with van der Waals surface area (Å²) >= 11 is 2.51. The third kappa shape index (κ3) is 5.24. The number of fused-ring (bicyclic) bond motifs is 1. The molecule has 2 atom stereocenters. The normalized spacial score (nSPS) is 20.2. The topological polar surface area (TPSA) is 97.8 Å². The van der Waals surface area contributed by atoms with Gasteiger partial charge in [0.1, 0.15) is 0 Å². The van der Waals surface area contributed by atoms with Gasteiger partial charge in [-0.3, -0.25) is 19.7 Å². The maximum atomic E-state index is 12.4. The molecule has 1 saturated heterocycles. The predicted octanol–water partition coefficient (Wildman–Crippen LogP) is 2.81. The van der Waals surface area contributed by atoms with Crippen LogP contribution in [0.4, 0.5) is 5.69 Å². The average Bonchev–Trinajstić information content (AvgIpc) is 2.95. The molecule has 10 heteroatoms. The van der Waals surface area contributed by atoms with Gasteiger partial charge >= 0.3 is 0 Å². The number of nitro benzene ring substituents is 1. The van der Waals surface area contributed by atoms with Crippen LogP contribution in [0.1, 0.15) is 20.3 Å². The number of aryl methyl sites for hydroxylation is 1. The molecule has 1 fully saturated rings. The number of hydrogen-bond acceptors (Lipinski definition) is 6. The van der Waals surface area contributed by atoms with Crippen molar-refractivity contribution in [1.29, 1.82) is 0 Å². The van der Waals surface area contributed by atoms with Crippen molar-refractivity contribution in [3.05, 3.63) is 33.1 Å². The second kappa shape index (κ2) is 9.08. The molecule has 2 heterocycles. The highest BCUT2D eigenvalue weighted by Crippen LogP contribution is 2.23. The van der Waals surface area contributed by atoms with E-state index in [4.69, 9.17) is 0 Å². The van der Waals surface area contributed by atoms with E-state index in [1.807, 2.05) is 4.90 Å². The van der Waals surface area contributed by atoms with Gasteiger partial charge in [-0.2, -0.15) is 4.99 Å². The van der Waals surface area contributed by atoms with E-state index in [-0.39, 0.29) is 29.0 Å². The Balaban J connectivity index is 1.61. The van der Waals surface area contributed by atoms with Crippen molar-refractivity contribution in [2.45, 2.75) is 20.3 Å². The Morgan fingerprint density at radius 3 is 2.62 bits per heavy atom.